The van der Waals surface area contributed by atoms with Crippen LogP contribution in [0.15, 0.2) is 0 Å². The molecule has 47 heavy (non-hydrogen) atoms. The van der Waals surface area contributed by atoms with Crippen molar-refractivity contribution < 1.29 is 184 Å². The van der Waals surface area contributed by atoms with E-state index in [1.807, 2.05) is 0 Å². The smallest absolute Gasteiger partial charge is 0.844 e. The summed E-state index contributed by atoms with van der Waals surface area (Å²) in [5.41, 5.74) is 20.7. The molecule has 305 valence electrons. The van der Waals surface area contributed by atoms with Gasteiger partial charge in [0.25, 0.3) is 0 Å². The molecule has 42 N–H and O–H groups in total. The topological polar surface area (TPSA) is 843 Å². The van der Waals surface area contributed by atoms with Crippen molar-refractivity contribution in [3.05, 3.63) is 0 Å². The van der Waals surface area contributed by atoms with E-state index in [4.69, 9.17) is 35.0 Å². The maximum Gasteiger partial charge on any atom is 4.00 e. The zero-order valence-electron chi connectivity index (χ0n) is 24.2. The van der Waals surface area contributed by atoms with Crippen LogP contribution < -0.4 is 65.0 Å². The molecule has 0 heterocycles. The molecule has 0 aromatic heterocycles. The molecular formula is C12H54N6O26S2V. The zero-order chi connectivity index (χ0) is 27.9. The molecule has 0 aromatic carbocycles. The minimum Gasteiger partial charge on any atom is -0.844 e. The fourth-order valence-corrected chi connectivity index (χ4v) is 3.03. The Kier molecular flexibility index (Phi) is 82.1. The van der Waals surface area contributed by atoms with Crippen LogP contribution in [0.4, 0.5) is 0 Å². The first-order chi connectivity index (χ1) is 14.9. The van der Waals surface area contributed by atoms with Gasteiger partial charge in [-0.1, -0.05) is 0 Å². The Balaban J connectivity index is -0.0000000216. The molecule has 2 aliphatic carbocycles. The molecule has 2 saturated carbocycles. The van der Waals surface area contributed by atoms with Gasteiger partial charge in [0.15, 0.2) is 0 Å². The first-order valence-electron chi connectivity index (χ1n) is 9.20. The Labute approximate surface area is 278 Å². The van der Waals surface area contributed by atoms with Gasteiger partial charge >= 0.3 is 18.6 Å². The van der Waals surface area contributed by atoms with Crippen molar-refractivity contribution >= 4 is 20.8 Å². The van der Waals surface area contributed by atoms with Crippen molar-refractivity contribution in [1.29, 1.82) is 0 Å². The molecule has 0 unspecified atom stereocenters. The molecule has 35 heteroatoms. The van der Waals surface area contributed by atoms with Gasteiger partial charge in [0, 0.05) is 20.8 Å². The largest absolute Gasteiger partial charge is 4.00 e. The average Bonchev–Trinajstić information content (AvgIpc) is 2.68. The van der Waals surface area contributed by atoms with Gasteiger partial charge in [-0.25, -0.2) is 0 Å². The summed E-state index contributed by atoms with van der Waals surface area (Å²) in [6, 6.07) is -4.67. The van der Waals surface area contributed by atoms with Crippen LogP contribution in [0.1, 0.15) is 0 Å². The Bertz CT molecular complexity index is 625. The van der Waals surface area contributed by atoms with Gasteiger partial charge in [0.05, 0.1) is 36.3 Å². The van der Waals surface area contributed by atoms with E-state index in [9.17, 15) is 30.6 Å². The summed E-state index contributed by atoms with van der Waals surface area (Å²) in [6.45, 7) is 0. The molecule has 2 aliphatic rings. The zero-order valence-corrected chi connectivity index (χ0v) is 27.2. The van der Waals surface area contributed by atoms with Gasteiger partial charge in [-0.05, 0) is 36.6 Å². The van der Waals surface area contributed by atoms with Gasteiger partial charge in [-0.15, -0.1) is 0 Å². The second-order valence-corrected chi connectivity index (χ2v) is 9.22. The summed E-state index contributed by atoms with van der Waals surface area (Å²) < 4.78 is 68.2. The molecule has 32 nitrogen and oxygen atoms in total. The Morgan fingerprint density at radius 1 is 0.298 bits per heavy atom. The monoisotopic (exact) mass is 813 g/mol. The molecule has 0 bridgehead atoms. The number of quaternary nitrogens is 6. The van der Waals surface area contributed by atoms with Gasteiger partial charge in [-0.3, -0.25) is 16.8 Å². The van der Waals surface area contributed by atoms with E-state index in [2.05, 4.69) is 34.4 Å². The Hall–Kier alpha value is -0.636. The minimum absolute atomic E-state index is 0. The predicted octanol–water partition coefficient (Wildman–Crippen LogP) is -28.5. The van der Waals surface area contributed by atoms with Gasteiger partial charge < -0.3 is 149 Å². The first kappa shape index (κ1) is 97.0. The van der Waals surface area contributed by atoms with E-state index in [0.29, 0.717) is 0 Å². The average molecular weight is 814 g/mol. The third-order valence-corrected chi connectivity index (χ3v) is 5.06. The number of hydrogen-bond acceptors (Lipinski definition) is 14. The fraction of sp³-hybridized carbons (Fsp3) is 1.00. The van der Waals surface area contributed by atoms with Crippen LogP contribution in [0.2, 0.25) is 0 Å². The van der Waals surface area contributed by atoms with Crippen LogP contribution in [-0.2, 0) is 39.4 Å². The molecule has 0 spiro atoms. The van der Waals surface area contributed by atoms with Crippen molar-refractivity contribution in [3.63, 3.8) is 0 Å². The predicted molar refractivity (Wildman–Crippen MR) is 127 cm³/mol. The fourth-order valence-electron chi connectivity index (χ4n) is 3.03. The SMILES string of the molecule is O.O.O.O.O.O.O.O.O.O.O.O.O=S(=O)([O-])[O-].O=S(=O)([O-])[O-].[NH3+]C1C([O-])C([NH3+])C([O-])C([NH3+])C1[O-].[NH3+]C1C([O-])C([NH3+])C([O-])C([NH3+])C1[O-].[V+4]. The van der Waals surface area contributed by atoms with Gasteiger partial charge in [0.1, 0.15) is 0 Å². The number of rotatable bonds is 0. The third kappa shape index (κ3) is 38.0. The van der Waals surface area contributed by atoms with Crippen LogP contribution in [0.3, 0.4) is 0 Å². The van der Waals surface area contributed by atoms with Crippen LogP contribution in [0.5, 0.6) is 0 Å². The summed E-state index contributed by atoms with van der Waals surface area (Å²) >= 11 is 0. The van der Waals surface area contributed by atoms with Crippen molar-refractivity contribution in [2.45, 2.75) is 72.9 Å². The van der Waals surface area contributed by atoms with E-state index in [0.717, 1.165) is 0 Å². The van der Waals surface area contributed by atoms with E-state index in [1.54, 1.807) is 0 Å². The molecule has 1 radical (unpaired) electrons. The van der Waals surface area contributed by atoms with E-state index in [1.165, 1.54) is 0 Å². The molecule has 0 aliphatic heterocycles. The molecule has 0 saturated heterocycles. The van der Waals surface area contributed by atoms with Crippen LogP contribution >= 0.6 is 0 Å². The van der Waals surface area contributed by atoms with Crippen molar-refractivity contribution in [2.75, 3.05) is 0 Å². The Morgan fingerprint density at radius 3 is 0.383 bits per heavy atom. The van der Waals surface area contributed by atoms with Crippen LogP contribution in [0.25, 0.3) is 0 Å². The standard InChI is InChI=1S/2C6H12N3O3.2H2O4S.12H2O.V/c2*7-1-4(10)2(8)6(12)3(9)5(1)11;2*1-5(2,3)4;;;;;;;;;;;;;/h2*1-6H,7-9H2;2*(H2,1,2,3,4);12*1H2;/q2*-3;;;;;;;;;;;;;;;+4/p+2. The summed E-state index contributed by atoms with van der Waals surface area (Å²) in [5.74, 6) is 0. The van der Waals surface area contributed by atoms with E-state index >= 15 is 0 Å². The quantitative estimate of drug-likeness (QED) is 0.0977. The minimum atomic E-state index is -5.17. The molecule has 0 aromatic rings. The van der Waals surface area contributed by atoms with Crippen LogP contribution in [0, 0.1) is 0 Å². The van der Waals surface area contributed by atoms with Crippen molar-refractivity contribution in [2.24, 2.45) is 0 Å². The van der Waals surface area contributed by atoms with Crippen LogP contribution in [-0.4, -0.2) is 174 Å². The molecule has 0 amide bonds. The molecular weight excluding hydrogens is 759 g/mol. The molecule has 0 atom stereocenters. The summed E-state index contributed by atoms with van der Waals surface area (Å²) in [7, 11) is -10.3. The summed E-state index contributed by atoms with van der Waals surface area (Å²) in [6.07, 6.45) is -7.37. The maximum atomic E-state index is 11.2. The Morgan fingerprint density at radius 2 is 0.340 bits per heavy atom. The van der Waals surface area contributed by atoms with E-state index < -0.39 is 93.7 Å². The van der Waals surface area contributed by atoms with E-state index in [-0.39, 0.29) is 84.3 Å². The maximum absolute atomic E-state index is 11.2. The second-order valence-electron chi connectivity index (χ2n) is 7.59. The summed E-state index contributed by atoms with van der Waals surface area (Å²) in [5, 5.41) is 67.3. The number of hydrogen-bond donors (Lipinski definition) is 6. The molecule has 2 rings (SSSR count). The normalized spacial score (nSPS) is 30.8. The summed E-state index contributed by atoms with van der Waals surface area (Å²) in [4.78, 5) is 0. The van der Waals surface area contributed by atoms with Gasteiger partial charge in [0.2, 0.25) is 0 Å². The molecule has 2 fully saturated rings. The van der Waals surface area contributed by atoms with Crippen molar-refractivity contribution in [1.82, 2.24) is 0 Å². The van der Waals surface area contributed by atoms with Gasteiger partial charge in [-0.2, -0.15) is 0 Å². The second kappa shape index (κ2) is 39.8. The first-order valence-corrected chi connectivity index (χ1v) is 11.9. The van der Waals surface area contributed by atoms with Crippen molar-refractivity contribution in [3.8, 4) is 0 Å². The third-order valence-electron chi connectivity index (χ3n) is 5.06.